The summed E-state index contributed by atoms with van der Waals surface area (Å²) < 4.78 is 1.10. The second-order valence-electron chi connectivity index (χ2n) is 5.45. The van der Waals surface area contributed by atoms with Crippen molar-refractivity contribution >= 4 is 27.5 Å². The topological polar surface area (TPSA) is 29.3 Å². The van der Waals surface area contributed by atoms with Crippen LogP contribution in [0.5, 0.6) is 0 Å². The molecule has 1 aliphatic heterocycles. The monoisotopic (exact) mass is 330 g/mol. The van der Waals surface area contributed by atoms with Gasteiger partial charge in [0.1, 0.15) is 0 Å². The smallest absolute Gasteiger partial charge is 0.0511 e. The molecule has 2 rings (SSSR count). The third-order valence-corrected chi connectivity index (χ3v) is 4.38. The molecule has 1 aromatic rings. The van der Waals surface area contributed by atoms with Crippen LogP contribution >= 0.6 is 27.5 Å². The summed E-state index contributed by atoms with van der Waals surface area (Å²) in [7, 11) is 0. The van der Waals surface area contributed by atoms with Crippen LogP contribution in [0.1, 0.15) is 31.9 Å². The number of halogens is 2. The van der Waals surface area contributed by atoms with Gasteiger partial charge in [-0.3, -0.25) is 4.90 Å². The molecule has 0 amide bonds. The predicted molar refractivity (Wildman–Crippen MR) is 80.9 cm³/mol. The SMILES string of the molecule is CC(C)CN1CCC(N)C1c1cc(Cl)ccc1Br. The fourth-order valence-electron chi connectivity index (χ4n) is 2.73. The molecule has 1 fully saturated rings. The largest absolute Gasteiger partial charge is 0.326 e. The first-order chi connectivity index (χ1) is 8.49. The molecule has 0 aromatic heterocycles. The summed E-state index contributed by atoms with van der Waals surface area (Å²) in [6.07, 6.45) is 1.05. The molecule has 4 heteroatoms. The first-order valence-electron chi connectivity index (χ1n) is 6.43. The lowest BCUT2D eigenvalue weighted by molar-refractivity contribution is 0.220. The fourth-order valence-corrected chi connectivity index (χ4v) is 3.39. The van der Waals surface area contributed by atoms with Gasteiger partial charge in [0, 0.05) is 28.6 Å². The summed E-state index contributed by atoms with van der Waals surface area (Å²) in [4.78, 5) is 2.48. The second kappa shape index (κ2) is 5.91. The van der Waals surface area contributed by atoms with Crippen molar-refractivity contribution in [2.24, 2.45) is 11.7 Å². The average molecular weight is 332 g/mol. The molecule has 0 aliphatic carbocycles. The van der Waals surface area contributed by atoms with Crippen molar-refractivity contribution in [2.45, 2.75) is 32.4 Å². The molecule has 1 aromatic carbocycles. The van der Waals surface area contributed by atoms with Gasteiger partial charge in [-0.25, -0.2) is 0 Å². The van der Waals surface area contributed by atoms with Gasteiger partial charge < -0.3 is 5.73 Å². The van der Waals surface area contributed by atoms with Gasteiger partial charge in [0.25, 0.3) is 0 Å². The number of hydrogen-bond donors (Lipinski definition) is 1. The number of hydrogen-bond acceptors (Lipinski definition) is 2. The van der Waals surface area contributed by atoms with Crippen molar-refractivity contribution in [1.82, 2.24) is 4.90 Å². The molecule has 0 bridgehead atoms. The minimum Gasteiger partial charge on any atom is -0.326 e. The molecule has 1 aliphatic rings. The van der Waals surface area contributed by atoms with Crippen LogP contribution in [0.2, 0.25) is 5.02 Å². The van der Waals surface area contributed by atoms with Gasteiger partial charge in [0.05, 0.1) is 6.04 Å². The Hall–Kier alpha value is -0.0900. The molecule has 100 valence electrons. The zero-order valence-corrected chi connectivity index (χ0v) is 13.2. The summed E-state index contributed by atoms with van der Waals surface area (Å²) >= 11 is 9.74. The zero-order valence-electron chi connectivity index (χ0n) is 10.9. The van der Waals surface area contributed by atoms with E-state index in [0.717, 1.165) is 29.0 Å². The molecule has 0 radical (unpaired) electrons. The highest BCUT2D eigenvalue weighted by Gasteiger charge is 2.34. The van der Waals surface area contributed by atoms with Crippen LogP contribution in [0, 0.1) is 5.92 Å². The summed E-state index contributed by atoms with van der Waals surface area (Å²) in [5.41, 5.74) is 7.51. The number of likely N-dealkylation sites (tertiary alicyclic amines) is 1. The van der Waals surface area contributed by atoms with Gasteiger partial charge in [-0.2, -0.15) is 0 Å². The van der Waals surface area contributed by atoms with Crippen molar-refractivity contribution < 1.29 is 0 Å². The Kier molecular flexibility index (Phi) is 4.70. The van der Waals surface area contributed by atoms with E-state index in [0.29, 0.717) is 5.92 Å². The molecule has 0 spiro atoms. The van der Waals surface area contributed by atoms with Crippen molar-refractivity contribution in [3.63, 3.8) is 0 Å². The van der Waals surface area contributed by atoms with Crippen LogP contribution in [0.4, 0.5) is 0 Å². The summed E-state index contributed by atoms with van der Waals surface area (Å²) in [6.45, 7) is 6.64. The van der Waals surface area contributed by atoms with Gasteiger partial charge in [-0.15, -0.1) is 0 Å². The lowest BCUT2D eigenvalue weighted by Crippen LogP contribution is -2.34. The predicted octanol–water partition coefficient (Wildman–Crippen LogP) is 3.83. The maximum atomic E-state index is 6.29. The van der Waals surface area contributed by atoms with E-state index in [1.54, 1.807) is 0 Å². The van der Waals surface area contributed by atoms with Crippen molar-refractivity contribution in [2.75, 3.05) is 13.1 Å². The number of benzene rings is 1. The number of rotatable bonds is 3. The number of nitrogens with two attached hydrogens (primary N) is 1. The van der Waals surface area contributed by atoms with Crippen molar-refractivity contribution in [1.29, 1.82) is 0 Å². The third kappa shape index (κ3) is 3.08. The van der Waals surface area contributed by atoms with Gasteiger partial charge in [0.15, 0.2) is 0 Å². The van der Waals surface area contributed by atoms with Crippen molar-refractivity contribution in [3.05, 3.63) is 33.3 Å². The van der Waals surface area contributed by atoms with E-state index in [2.05, 4.69) is 34.7 Å². The van der Waals surface area contributed by atoms with Gasteiger partial charge >= 0.3 is 0 Å². The van der Waals surface area contributed by atoms with E-state index >= 15 is 0 Å². The van der Waals surface area contributed by atoms with E-state index < -0.39 is 0 Å². The Bertz CT molecular complexity index is 422. The Morgan fingerprint density at radius 3 is 2.89 bits per heavy atom. The highest BCUT2D eigenvalue weighted by atomic mass is 79.9. The average Bonchev–Trinajstić information content (AvgIpc) is 2.63. The van der Waals surface area contributed by atoms with Gasteiger partial charge in [-0.1, -0.05) is 41.4 Å². The first-order valence-corrected chi connectivity index (χ1v) is 7.60. The van der Waals surface area contributed by atoms with E-state index in [9.17, 15) is 0 Å². The van der Waals surface area contributed by atoms with E-state index in [-0.39, 0.29) is 12.1 Å². The lowest BCUT2D eigenvalue weighted by Gasteiger charge is -2.29. The van der Waals surface area contributed by atoms with E-state index in [1.807, 2.05) is 18.2 Å². The molecule has 18 heavy (non-hydrogen) atoms. The summed E-state index contributed by atoms with van der Waals surface area (Å²) in [5.74, 6) is 0.649. The molecule has 2 N–H and O–H groups in total. The highest BCUT2D eigenvalue weighted by molar-refractivity contribution is 9.10. The molecular formula is C14H20BrClN2. The first kappa shape index (κ1) is 14.3. The molecule has 0 saturated carbocycles. The van der Waals surface area contributed by atoms with Crippen LogP contribution in [-0.2, 0) is 0 Å². The fraction of sp³-hybridized carbons (Fsp3) is 0.571. The van der Waals surface area contributed by atoms with E-state index in [4.69, 9.17) is 17.3 Å². The Morgan fingerprint density at radius 2 is 2.22 bits per heavy atom. The highest BCUT2D eigenvalue weighted by Crippen LogP contribution is 2.36. The van der Waals surface area contributed by atoms with Gasteiger partial charge in [0.2, 0.25) is 0 Å². The van der Waals surface area contributed by atoms with Crippen LogP contribution < -0.4 is 5.73 Å². The van der Waals surface area contributed by atoms with E-state index in [1.165, 1.54) is 5.56 Å². The standard InChI is InChI=1S/C14H20BrClN2/c1-9(2)8-18-6-5-13(17)14(18)11-7-10(16)3-4-12(11)15/h3-4,7,9,13-14H,5-6,8,17H2,1-2H3. The minimum atomic E-state index is 0.193. The lowest BCUT2D eigenvalue weighted by atomic mass is 10.0. The normalized spacial score (nSPS) is 25.0. The van der Waals surface area contributed by atoms with Crippen molar-refractivity contribution in [3.8, 4) is 0 Å². The Labute approximate surface area is 123 Å². The molecule has 2 unspecified atom stereocenters. The summed E-state index contributed by atoms with van der Waals surface area (Å²) in [5, 5.41) is 0.775. The molecule has 1 saturated heterocycles. The van der Waals surface area contributed by atoms with Crippen LogP contribution in [0.25, 0.3) is 0 Å². The molecule has 2 nitrogen and oxygen atoms in total. The van der Waals surface area contributed by atoms with Crippen LogP contribution in [0.15, 0.2) is 22.7 Å². The molecule has 2 atom stereocenters. The van der Waals surface area contributed by atoms with Gasteiger partial charge in [-0.05, 0) is 36.1 Å². The molecular weight excluding hydrogens is 312 g/mol. The quantitative estimate of drug-likeness (QED) is 0.912. The zero-order chi connectivity index (χ0) is 13.3. The molecule has 1 heterocycles. The van der Waals surface area contributed by atoms with Crippen LogP contribution in [0.3, 0.4) is 0 Å². The number of nitrogens with zero attached hydrogens (tertiary/aromatic N) is 1. The Balaban J connectivity index is 2.30. The maximum absolute atomic E-state index is 6.29. The van der Waals surface area contributed by atoms with Crippen LogP contribution in [-0.4, -0.2) is 24.0 Å². The Morgan fingerprint density at radius 1 is 1.50 bits per heavy atom. The maximum Gasteiger partial charge on any atom is 0.0511 e. The third-order valence-electron chi connectivity index (χ3n) is 3.42. The summed E-state index contributed by atoms with van der Waals surface area (Å²) in [6, 6.07) is 6.42. The minimum absolute atomic E-state index is 0.193. The second-order valence-corrected chi connectivity index (χ2v) is 6.74.